The highest BCUT2D eigenvalue weighted by molar-refractivity contribution is 5.29. The molecular formula is C18H29N5O. The van der Waals surface area contributed by atoms with Crippen LogP contribution in [-0.2, 0) is 23.9 Å². The topological polar surface area (TPSA) is 48.1 Å². The summed E-state index contributed by atoms with van der Waals surface area (Å²) in [6.07, 6.45) is 4.15. The highest BCUT2D eigenvalue weighted by Gasteiger charge is 2.29. The molecule has 0 aliphatic carbocycles. The van der Waals surface area contributed by atoms with Gasteiger partial charge in [-0.3, -0.25) is 14.3 Å². The van der Waals surface area contributed by atoms with E-state index in [0.29, 0.717) is 0 Å². The summed E-state index contributed by atoms with van der Waals surface area (Å²) in [5, 5.41) is 9.11. The number of hydrogen-bond donors (Lipinski definition) is 0. The van der Waals surface area contributed by atoms with Crippen molar-refractivity contribution in [3.05, 3.63) is 34.9 Å². The van der Waals surface area contributed by atoms with Crippen molar-refractivity contribution in [3.63, 3.8) is 0 Å². The quantitative estimate of drug-likeness (QED) is 0.867. The Bertz CT molecular complexity index is 710. The molecule has 0 bridgehead atoms. The lowest BCUT2D eigenvalue weighted by Crippen LogP contribution is -2.39. The maximum Gasteiger partial charge on any atom is 0.0665 e. The maximum absolute atomic E-state index is 5.78. The van der Waals surface area contributed by atoms with Gasteiger partial charge in [0.05, 0.1) is 36.7 Å². The minimum absolute atomic E-state index is 0.0131. The summed E-state index contributed by atoms with van der Waals surface area (Å²) in [5.74, 6) is 0. The Morgan fingerprint density at radius 3 is 2.62 bits per heavy atom. The third kappa shape index (κ3) is 3.26. The van der Waals surface area contributed by atoms with E-state index < -0.39 is 0 Å². The SMILES string of the molecule is Cc1nn(C)c(C)c1C1COCCN1Cc1cnn(C(C)(C)C)c1. The lowest BCUT2D eigenvalue weighted by molar-refractivity contribution is -0.0132. The van der Waals surface area contributed by atoms with Gasteiger partial charge in [0.2, 0.25) is 0 Å². The lowest BCUT2D eigenvalue weighted by atomic mass is 10.0. The monoisotopic (exact) mass is 331 g/mol. The molecule has 1 saturated heterocycles. The smallest absolute Gasteiger partial charge is 0.0665 e. The van der Waals surface area contributed by atoms with Crippen LogP contribution in [0.2, 0.25) is 0 Å². The molecule has 2 aromatic rings. The predicted molar refractivity (Wildman–Crippen MR) is 93.9 cm³/mol. The van der Waals surface area contributed by atoms with Crippen LogP contribution in [0.1, 0.15) is 49.3 Å². The van der Waals surface area contributed by atoms with Crippen molar-refractivity contribution in [1.82, 2.24) is 24.5 Å². The molecular weight excluding hydrogens is 302 g/mol. The molecule has 24 heavy (non-hydrogen) atoms. The minimum Gasteiger partial charge on any atom is -0.378 e. The molecule has 6 nitrogen and oxygen atoms in total. The van der Waals surface area contributed by atoms with Crippen molar-refractivity contribution < 1.29 is 4.74 Å². The summed E-state index contributed by atoms with van der Waals surface area (Å²) in [6.45, 7) is 14.1. The normalized spacial score (nSPS) is 19.8. The number of rotatable bonds is 3. The fourth-order valence-corrected chi connectivity index (χ4v) is 3.41. The fraction of sp³-hybridized carbons (Fsp3) is 0.667. The van der Waals surface area contributed by atoms with Gasteiger partial charge in [-0.2, -0.15) is 10.2 Å². The van der Waals surface area contributed by atoms with Crippen LogP contribution in [0.25, 0.3) is 0 Å². The Balaban J connectivity index is 1.84. The van der Waals surface area contributed by atoms with Crippen molar-refractivity contribution >= 4 is 0 Å². The zero-order chi connectivity index (χ0) is 17.5. The minimum atomic E-state index is 0.0131. The molecule has 0 radical (unpaired) electrons. The molecule has 3 rings (SSSR count). The first-order chi connectivity index (χ1) is 11.3. The average molecular weight is 331 g/mol. The zero-order valence-electron chi connectivity index (χ0n) is 15.7. The number of aryl methyl sites for hydroxylation is 2. The van der Waals surface area contributed by atoms with E-state index in [1.807, 2.05) is 22.6 Å². The van der Waals surface area contributed by atoms with Crippen LogP contribution < -0.4 is 0 Å². The van der Waals surface area contributed by atoms with Crippen LogP contribution in [0.15, 0.2) is 12.4 Å². The highest BCUT2D eigenvalue weighted by atomic mass is 16.5. The molecule has 132 valence electrons. The lowest BCUT2D eigenvalue weighted by Gasteiger charge is -2.35. The number of hydrogen-bond acceptors (Lipinski definition) is 4. The summed E-state index contributed by atoms with van der Waals surface area (Å²) < 4.78 is 9.79. The Morgan fingerprint density at radius 1 is 1.29 bits per heavy atom. The molecule has 6 heteroatoms. The zero-order valence-corrected chi connectivity index (χ0v) is 15.7. The van der Waals surface area contributed by atoms with E-state index in [1.165, 1.54) is 16.8 Å². The van der Waals surface area contributed by atoms with E-state index in [-0.39, 0.29) is 11.6 Å². The molecule has 2 aromatic heterocycles. The number of morpholine rings is 1. The second-order valence-electron chi connectivity index (χ2n) is 7.73. The predicted octanol–water partition coefficient (Wildman–Crippen LogP) is 2.56. The summed E-state index contributed by atoms with van der Waals surface area (Å²) in [7, 11) is 2.01. The van der Waals surface area contributed by atoms with Gasteiger partial charge in [-0.05, 0) is 34.6 Å². The van der Waals surface area contributed by atoms with Gasteiger partial charge in [0, 0.05) is 43.2 Å². The molecule has 0 N–H and O–H groups in total. The molecule has 0 spiro atoms. The Morgan fingerprint density at radius 2 is 2.04 bits per heavy atom. The summed E-state index contributed by atoms with van der Waals surface area (Å²) in [4.78, 5) is 2.49. The first-order valence-electron chi connectivity index (χ1n) is 8.63. The van der Waals surface area contributed by atoms with Gasteiger partial charge in [-0.15, -0.1) is 0 Å². The standard InChI is InChI=1S/C18H29N5O/c1-13-17(14(2)21(6)20-13)16-12-24-8-7-22(16)10-15-9-19-23(11-15)18(3,4)5/h9,11,16H,7-8,10,12H2,1-6H3. The van der Waals surface area contributed by atoms with Gasteiger partial charge >= 0.3 is 0 Å². The molecule has 3 heterocycles. The number of aromatic nitrogens is 4. The Hall–Kier alpha value is -1.66. The van der Waals surface area contributed by atoms with Crippen LogP contribution in [-0.4, -0.2) is 44.2 Å². The van der Waals surface area contributed by atoms with Crippen molar-refractivity contribution in [2.24, 2.45) is 7.05 Å². The van der Waals surface area contributed by atoms with Crippen LogP contribution in [0.3, 0.4) is 0 Å². The largest absolute Gasteiger partial charge is 0.378 e. The third-order valence-electron chi connectivity index (χ3n) is 4.85. The Labute approximate surface area is 144 Å². The van der Waals surface area contributed by atoms with Crippen LogP contribution >= 0.6 is 0 Å². The second kappa shape index (κ2) is 6.33. The van der Waals surface area contributed by atoms with Crippen molar-refractivity contribution in [2.75, 3.05) is 19.8 Å². The molecule has 1 aliphatic heterocycles. The van der Waals surface area contributed by atoms with Gasteiger partial charge in [-0.1, -0.05) is 0 Å². The van der Waals surface area contributed by atoms with Gasteiger partial charge in [0.25, 0.3) is 0 Å². The van der Waals surface area contributed by atoms with Gasteiger partial charge in [0.1, 0.15) is 0 Å². The summed E-state index contributed by atoms with van der Waals surface area (Å²) >= 11 is 0. The van der Waals surface area contributed by atoms with Crippen LogP contribution in [0.4, 0.5) is 0 Å². The molecule has 0 saturated carbocycles. The maximum atomic E-state index is 5.78. The molecule has 1 fully saturated rings. The van der Waals surface area contributed by atoms with E-state index in [1.54, 1.807) is 0 Å². The molecule has 1 unspecified atom stereocenters. The third-order valence-corrected chi connectivity index (χ3v) is 4.85. The van der Waals surface area contributed by atoms with Gasteiger partial charge in [0.15, 0.2) is 0 Å². The van der Waals surface area contributed by atoms with E-state index >= 15 is 0 Å². The van der Waals surface area contributed by atoms with Crippen molar-refractivity contribution in [1.29, 1.82) is 0 Å². The molecule has 1 aliphatic rings. The van der Waals surface area contributed by atoms with E-state index in [0.717, 1.165) is 32.0 Å². The van der Waals surface area contributed by atoms with Gasteiger partial charge < -0.3 is 4.74 Å². The molecule has 1 atom stereocenters. The van der Waals surface area contributed by atoms with Crippen molar-refractivity contribution in [3.8, 4) is 0 Å². The fourth-order valence-electron chi connectivity index (χ4n) is 3.41. The highest BCUT2D eigenvalue weighted by Crippen LogP contribution is 2.30. The van der Waals surface area contributed by atoms with Crippen LogP contribution in [0.5, 0.6) is 0 Å². The number of nitrogens with zero attached hydrogens (tertiary/aromatic N) is 5. The van der Waals surface area contributed by atoms with E-state index in [9.17, 15) is 0 Å². The van der Waals surface area contributed by atoms with Crippen molar-refractivity contribution in [2.45, 2.75) is 52.7 Å². The van der Waals surface area contributed by atoms with E-state index in [2.05, 4.69) is 55.9 Å². The summed E-state index contributed by atoms with van der Waals surface area (Å²) in [5.41, 5.74) is 4.88. The van der Waals surface area contributed by atoms with Gasteiger partial charge in [-0.25, -0.2) is 0 Å². The molecule has 0 aromatic carbocycles. The van der Waals surface area contributed by atoms with E-state index in [4.69, 9.17) is 4.74 Å². The van der Waals surface area contributed by atoms with Crippen LogP contribution in [0, 0.1) is 13.8 Å². The first kappa shape index (κ1) is 17.2. The Kier molecular flexibility index (Phi) is 4.53. The first-order valence-corrected chi connectivity index (χ1v) is 8.63. The average Bonchev–Trinajstić information content (AvgIpc) is 3.06. The summed E-state index contributed by atoms with van der Waals surface area (Å²) in [6, 6.07) is 0.255. The second-order valence-corrected chi connectivity index (χ2v) is 7.73. The number of ether oxygens (including phenoxy) is 1. The molecule has 0 amide bonds.